The summed E-state index contributed by atoms with van der Waals surface area (Å²) < 4.78 is 1.93. The fraction of sp³-hybridized carbons (Fsp3) is 0. The first-order chi connectivity index (χ1) is 4.88. The van der Waals surface area contributed by atoms with E-state index in [1.807, 2.05) is 28.7 Å². The van der Waals surface area contributed by atoms with Gasteiger partial charge in [0.15, 0.2) is 0 Å². The van der Waals surface area contributed by atoms with Crippen LogP contribution in [0.2, 0.25) is 0 Å². The second kappa shape index (κ2) is 2.06. The smallest absolute Gasteiger partial charge is 0.142 e. The third kappa shape index (κ3) is 0.729. The number of pyridine rings is 1. The first-order valence-corrected chi connectivity index (χ1v) is 3.57. The molecule has 0 aliphatic heterocycles. The molecule has 2 heterocycles. The number of hydrogen-bond acceptors (Lipinski definition) is 1. The summed E-state index contributed by atoms with van der Waals surface area (Å²) in [6, 6.07) is 6.02. The highest BCUT2D eigenvalue weighted by Gasteiger charge is 1.94. The molecule has 0 aliphatic carbocycles. The molecule has 0 radical (unpaired) electrons. The summed E-state index contributed by atoms with van der Waals surface area (Å²) >= 11 is 0. The van der Waals surface area contributed by atoms with Gasteiger partial charge in [-0.25, -0.2) is 4.98 Å². The lowest BCUT2D eigenvalue weighted by Gasteiger charge is -1.90. The van der Waals surface area contributed by atoms with Crippen molar-refractivity contribution < 1.29 is 0 Å². The molecule has 0 spiro atoms. The first-order valence-electron chi connectivity index (χ1n) is 3.05. The Labute approximate surface area is 61.1 Å². The van der Waals surface area contributed by atoms with Crippen molar-refractivity contribution in [2.75, 3.05) is 0 Å². The van der Waals surface area contributed by atoms with Gasteiger partial charge in [0.05, 0.1) is 0 Å². The minimum atomic E-state index is 1.01. The largest absolute Gasteiger partial charge is 0.317 e. The summed E-state index contributed by atoms with van der Waals surface area (Å²) in [6.07, 6.45) is 3.77. The van der Waals surface area contributed by atoms with Gasteiger partial charge in [-0.05, 0) is 27.6 Å². The summed E-state index contributed by atoms with van der Waals surface area (Å²) in [7, 11) is 2.58. The van der Waals surface area contributed by atoms with Crippen molar-refractivity contribution in [3.05, 3.63) is 30.6 Å². The zero-order valence-electron chi connectivity index (χ0n) is 5.36. The highest BCUT2D eigenvalue weighted by atomic mass is 31.0. The van der Waals surface area contributed by atoms with Crippen LogP contribution in [0.3, 0.4) is 0 Å². The normalized spacial score (nSPS) is 10.5. The molecule has 0 saturated carbocycles. The van der Waals surface area contributed by atoms with Crippen LogP contribution in [0.1, 0.15) is 0 Å². The molecule has 1 unspecified atom stereocenters. The van der Waals surface area contributed by atoms with E-state index in [1.165, 1.54) is 5.39 Å². The standard InChI is InChI=1S/C7H7N2P/c10-9-5-3-6-2-1-4-8-7(6)9/h1-5H,10H2. The second-order valence-electron chi connectivity index (χ2n) is 2.14. The van der Waals surface area contributed by atoms with Crippen LogP contribution in [0.15, 0.2) is 30.6 Å². The highest BCUT2D eigenvalue weighted by Crippen LogP contribution is 2.13. The predicted molar refractivity (Wildman–Crippen MR) is 44.8 cm³/mol. The quantitative estimate of drug-likeness (QED) is 0.522. The molecule has 0 N–H and O–H groups in total. The van der Waals surface area contributed by atoms with E-state index in [4.69, 9.17) is 0 Å². The van der Waals surface area contributed by atoms with E-state index < -0.39 is 0 Å². The van der Waals surface area contributed by atoms with Gasteiger partial charge in [-0.15, -0.1) is 0 Å². The van der Waals surface area contributed by atoms with Crippen molar-refractivity contribution in [1.29, 1.82) is 0 Å². The number of aromatic nitrogens is 2. The van der Waals surface area contributed by atoms with Crippen LogP contribution in [0, 0.1) is 0 Å². The van der Waals surface area contributed by atoms with E-state index in [-0.39, 0.29) is 0 Å². The molecule has 2 aromatic heterocycles. The SMILES string of the molecule is Pn1ccc2cccnc21. The van der Waals surface area contributed by atoms with Gasteiger partial charge in [0.1, 0.15) is 5.65 Å². The first kappa shape index (κ1) is 5.87. The maximum atomic E-state index is 4.18. The lowest BCUT2D eigenvalue weighted by atomic mass is 10.3. The maximum absolute atomic E-state index is 4.18. The Hall–Kier alpha value is -0.880. The van der Waals surface area contributed by atoms with Crippen molar-refractivity contribution in [2.24, 2.45) is 0 Å². The van der Waals surface area contributed by atoms with E-state index in [0.29, 0.717) is 0 Å². The third-order valence-corrected chi connectivity index (χ3v) is 1.89. The summed E-state index contributed by atoms with van der Waals surface area (Å²) in [5.74, 6) is 0. The van der Waals surface area contributed by atoms with Crippen molar-refractivity contribution in [3.63, 3.8) is 0 Å². The summed E-state index contributed by atoms with van der Waals surface area (Å²) in [4.78, 5) is 4.18. The second-order valence-corrected chi connectivity index (χ2v) is 2.70. The zero-order chi connectivity index (χ0) is 6.97. The average Bonchev–Trinajstić information content (AvgIpc) is 2.34. The lowest BCUT2D eigenvalue weighted by molar-refractivity contribution is 1.26. The molecular weight excluding hydrogens is 143 g/mol. The predicted octanol–water partition coefficient (Wildman–Crippen LogP) is 1.67. The van der Waals surface area contributed by atoms with Gasteiger partial charge in [0.2, 0.25) is 0 Å². The Balaban J connectivity index is 2.93. The lowest BCUT2D eigenvalue weighted by Crippen LogP contribution is -1.77. The molecule has 2 nitrogen and oxygen atoms in total. The summed E-state index contributed by atoms with van der Waals surface area (Å²) in [5, 5.41) is 1.18. The monoisotopic (exact) mass is 150 g/mol. The van der Waals surface area contributed by atoms with E-state index >= 15 is 0 Å². The zero-order valence-corrected chi connectivity index (χ0v) is 6.51. The van der Waals surface area contributed by atoms with Crippen LogP contribution in [-0.4, -0.2) is 9.32 Å². The van der Waals surface area contributed by atoms with Crippen LogP contribution in [0.5, 0.6) is 0 Å². The number of hydrogen-bond donors (Lipinski definition) is 0. The summed E-state index contributed by atoms with van der Waals surface area (Å²) in [5.41, 5.74) is 1.01. The highest BCUT2D eigenvalue weighted by molar-refractivity contribution is 7.14. The molecule has 0 aromatic carbocycles. The minimum absolute atomic E-state index is 1.01. The number of rotatable bonds is 0. The molecule has 0 fully saturated rings. The van der Waals surface area contributed by atoms with Crippen molar-refractivity contribution in [3.8, 4) is 0 Å². The molecule has 2 aromatic rings. The molecule has 2 rings (SSSR count). The van der Waals surface area contributed by atoms with Crippen molar-refractivity contribution in [2.45, 2.75) is 0 Å². The topological polar surface area (TPSA) is 17.8 Å². The molecular formula is C7H7N2P. The van der Waals surface area contributed by atoms with Crippen molar-refractivity contribution in [1.82, 2.24) is 9.32 Å². The molecule has 0 saturated heterocycles. The Morgan fingerprint density at radius 3 is 3.10 bits per heavy atom. The van der Waals surface area contributed by atoms with Gasteiger partial charge in [0, 0.05) is 17.8 Å². The Kier molecular flexibility index (Phi) is 1.21. The fourth-order valence-electron chi connectivity index (χ4n) is 0.986. The molecule has 0 amide bonds. The van der Waals surface area contributed by atoms with Gasteiger partial charge in [-0.1, -0.05) is 0 Å². The number of fused-ring (bicyclic) bond motifs is 1. The Morgan fingerprint density at radius 2 is 2.30 bits per heavy atom. The van der Waals surface area contributed by atoms with Gasteiger partial charge in [0.25, 0.3) is 0 Å². The van der Waals surface area contributed by atoms with Crippen LogP contribution in [-0.2, 0) is 0 Å². The molecule has 0 bridgehead atoms. The molecule has 3 heteroatoms. The average molecular weight is 150 g/mol. The van der Waals surface area contributed by atoms with E-state index in [0.717, 1.165) is 5.65 Å². The van der Waals surface area contributed by atoms with E-state index in [1.54, 1.807) is 6.20 Å². The fourth-order valence-corrected chi connectivity index (χ4v) is 1.29. The van der Waals surface area contributed by atoms with Gasteiger partial charge in [-0.3, -0.25) is 0 Å². The van der Waals surface area contributed by atoms with Gasteiger partial charge < -0.3 is 4.34 Å². The maximum Gasteiger partial charge on any atom is 0.142 e. The van der Waals surface area contributed by atoms with E-state index in [9.17, 15) is 0 Å². The Morgan fingerprint density at radius 1 is 1.40 bits per heavy atom. The minimum Gasteiger partial charge on any atom is -0.317 e. The van der Waals surface area contributed by atoms with Crippen LogP contribution in [0.4, 0.5) is 0 Å². The van der Waals surface area contributed by atoms with Gasteiger partial charge >= 0.3 is 0 Å². The summed E-state index contributed by atoms with van der Waals surface area (Å²) in [6.45, 7) is 0. The molecule has 10 heavy (non-hydrogen) atoms. The van der Waals surface area contributed by atoms with Gasteiger partial charge in [-0.2, -0.15) is 0 Å². The van der Waals surface area contributed by atoms with E-state index in [2.05, 4.69) is 14.4 Å². The van der Waals surface area contributed by atoms with Crippen LogP contribution >= 0.6 is 9.39 Å². The molecule has 50 valence electrons. The molecule has 1 atom stereocenters. The third-order valence-electron chi connectivity index (χ3n) is 1.48. The molecule has 0 aliphatic rings. The van der Waals surface area contributed by atoms with Crippen LogP contribution in [0.25, 0.3) is 11.0 Å². The number of nitrogens with zero attached hydrogens (tertiary/aromatic N) is 2. The van der Waals surface area contributed by atoms with Crippen LogP contribution < -0.4 is 0 Å². The van der Waals surface area contributed by atoms with Crippen molar-refractivity contribution >= 4 is 20.4 Å². The Bertz CT molecular complexity index is 353.